The maximum absolute atomic E-state index is 12.7. The average Bonchev–Trinajstić information content (AvgIpc) is 2.81. The van der Waals surface area contributed by atoms with Crippen molar-refractivity contribution in [2.24, 2.45) is 0 Å². The van der Waals surface area contributed by atoms with Gasteiger partial charge in [-0.1, -0.05) is 17.3 Å². The molecule has 1 aliphatic heterocycles. The molecule has 0 saturated carbocycles. The van der Waals surface area contributed by atoms with E-state index in [4.69, 9.17) is 0 Å². The topological polar surface area (TPSA) is 85.2 Å². The molecule has 24 heavy (non-hydrogen) atoms. The van der Waals surface area contributed by atoms with Gasteiger partial charge in [-0.15, -0.1) is 5.10 Å². The Labute approximate surface area is 141 Å². The molecule has 0 radical (unpaired) electrons. The number of aromatic nitrogens is 3. The number of sulfone groups is 1. The zero-order valence-electron chi connectivity index (χ0n) is 13.8. The molecule has 128 valence electrons. The summed E-state index contributed by atoms with van der Waals surface area (Å²) in [6.45, 7) is 4.41. The van der Waals surface area contributed by atoms with Gasteiger partial charge in [0.25, 0.3) is 5.91 Å². The van der Waals surface area contributed by atoms with E-state index in [9.17, 15) is 13.2 Å². The molecule has 0 aliphatic carbocycles. The van der Waals surface area contributed by atoms with E-state index >= 15 is 0 Å². The average molecular weight is 348 g/mol. The molecule has 8 heteroatoms. The third kappa shape index (κ3) is 3.33. The summed E-state index contributed by atoms with van der Waals surface area (Å²) in [4.78, 5) is 14.3. The number of benzene rings is 1. The van der Waals surface area contributed by atoms with Crippen molar-refractivity contribution in [1.29, 1.82) is 0 Å². The predicted molar refractivity (Wildman–Crippen MR) is 90.0 cm³/mol. The Morgan fingerprint density at radius 3 is 2.71 bits per heavy atom. The van der Waals surface area contributed by atoms with Crippen LogP contribution in [0.3, 0.4) is 0 Å². The second-order valence-corrected chi connectivity index (χ2v) is 8.38. The monoisotopic (exact) mass is 348 g/mol. The van der Waals surface area contributed by atoms with Gasteiger partial charge in [-0.05, 0) is 38.0 Å². The lowest BCUT2D eigenvalue weighted by Gasteiger charge is -2.18. The molecular weight excluding hydrogens is 328 g/mol. The van der Waals surface area contributed by atoms with E-state index in [1.807, 2.05) is 31.2 Å². The first-order valence-electron chi connectivity index (χ1n) is 7.86. The van der Waals surface area contributed by atoms with Crippen molar-refractivity contribution >= 4 is 15.7 Å². The van der Waals surface area contributed by atoms with Crippen molar-refractivity contribution in [2.75, 3.05) is 24.6 Å². The molecule has 1 aliphatic rings. The second kappa shape index (κ2) is 6.35. The summed E-state index contributed by atoms with van der Waals surface area (Å²) >= 11 is 0. The van der Waals surface area contributed by atoms with Crippen molar-refractivity contribution in [3.05, 3.63) is 41.2 Å². The first kappa shape index (κ1) is 16.6. The minimum Gasteiger partial charge on any atom is -0.336 e. The van der Waals surface area contributed by atoms with Crippen molar-refractivity contribution in [3.63, 3.8) is 0 Å². The molecule has 2 aromatic rings. The summed E-state index contributed by atoms with van der Waals surface area (Å²) in [7, 11) is -3.06. The molecule has 0 atom stereocenters. The van der Waals surface area contributed by atoms with E-state index < -0.39 is 9.84 Å². The van der Waals surface area contributed by atoms with Crippen LogP contribution in [0.5, 0.6) is 0 Å². The van der Waals surface area contributed by atoms with E-state index in [0.29, 0.717) is 18.7 Å². The number of hydrogen-bond acceptors (Lipinski definition) is 5. The number of nitrogens with zero attached hydrogens (tertiary/aromatic N) is 4. The molecule has 0 unspecified atom stereocenters. The van der Waals surface area contributed by atoms with Crippen LogP contribution in [-0.2, 0) is 9.84 Å². The van der Waals surface area contributed by atoms with Crippen LogP contribution < -0.4 is 0 Å². The van der Waals surface area contributed by atoms with Gasteiger partial charge in [0.15, 0.2) is 15.5 Å². The Balaban J connectivity index is 1.86. The standard InChI is InChI=1S/C16H20N4O3S/c1-12-5-3-6-14(11-12)20-13(2)15(17-18-20)16(21)19-7-4-9-24(22,23)10-8-19/h3,5-6,11H,4,7-10H2,1-2H3. The van der Waals surface area contributed by atoms with Crippen LogP contribution in [0.4, 0.5) is 0 Å². The number of aryl methyl sites for hydroxylation is 1. The minimum absolute atomic E-state index is 0.00377. The smallest absolute Gasteiger partial charge is 0.276 e. The van der Waals surface area contributed by atoms with Gasteiger partial charge < -0.3 is 4.90 Å². The van der Waals surface area contributed by atoms with Crippen molar-refractivity contribution in [2.45, 2.75) is 20.3 Å². The van der Waals surface area contributed by atoms with E-state index in [1.165, 1.54) is 0 Å². The van der Waals surface area contributed by atoms with Crippen LogP contribution in [0.1, 0.15) is 28.2 Å². The van der Waals surface area contributed by atoms with E-state index in [1.54, 1.807) is 16.5 Å². The lowest BCUT2D eigenvalue weighted by Crippen LogP contribution is -2.34. The highest BCUT2D eigenvalue weighted by Crippen LogP contribution is 2.16. The van der Waals surface area contributed by atoms with Crippen molar-refractivity contribution < 1.29 is 13.2 Å². The van der Waals surface area contributed by atoms with Crippen molar-refractivity contribution in [3.8, 4) is 5.69 Å². The fraction of sp³-hybridized carbons (Fsp3) is 0.438. The first-order valence-corrected chi connectivity index (χ1v) is 9.68. The molecule has 2 heterocycles. The molecule has 1 aromatic carbocycles. The summed E-state index contributed by atoms with van der Waals surface area (Å²) in [5, 5.41) is 8.13. The molecule has 1 saturated heterocycles. The van der Waals surface area contributed by atoms with Crippen LogP contribution in [-0.4, -0.2) is 58.8 Å². The van der Waals surface area contributed by atoms with E-state index in [-0.39, 0.29) is 29.7 Å². The Kier molecular flexibility index (Phi) is 4.40. The Morgan fingerprint density at radius 2 is 1.96 bits per heavy atom. The Hall–Kier alpha value is -2.22. The van der Waals surface area contributed by atoms with Gasteiger partial charge >= 0.3 is 0 Å². The highest BCUT2D eigenvalue weighted by Gasteiger charge is 2.27. The summed E-state index contributed by atoms with van der Waals surface area (Å²) in [6, 6.07) is 7.78. The molecule has 3 rings (SSSR count). The number of carbonyl (C=O) groups excluding carboxylic acids is 1. The van der Waals surface area contributed by atoms with Gasteiger partial charge in [-0.3, -0.25) is 4.79 Å². The zero-order valence-corrected chi connectivity index (χ0v) is 14.6. The molecule has 1 aromatic heterocycles. The van der Waals surface area contributed by atoms with Crippen LogP contribution in [0.2, 0.25) is 0 Å². The summed E-state index contributed by atoms with van der Waals surface area (Å²) in [6.07, 6.45) is 0.457. The zero-order chi connectivity index (χ0) is 17.3. The number of hydrogen-bond donors (Lipinski definition) is 0. The van der Waals surface area contributed by atoms with E-state index in [2.05, 4.69) is 10.3 Å². The third-order valence-corrected chi connectivity index (χ3v) is 5.90. The number of amides is 1. The molecule has 0 bridgehead atoms. The minimum atomic E-state index is -3.06. The molecule has 7 nitrogen and oxygen atoms in total. The fourth-order valence-electron chi connectivity index (χ4n) is 2.82. The van der Waals surface area contributed by atoms with Gasteiger partial charge in [-0.2, -0.15) is 0 Å². The van der Waals surface area contributed by atoms with Gasteiger partial charge in [0.05, 0.1) is 22.9 Å². The maximum atomic E-state index is 12.7. The molecule has 1 amide bonds. The Morgan fingerprint density at radius 1 is 1.17 bits per heavy atom. The molecule has 0 N–H and O–H groups in total. The molecule has 0 spiro atoms. The lowest BCUT2D eigenvalue weighted by atomic mass is 10.2. The van der Waals surface area contributed by atoms with E-state index in [0.717, 1.165) is 11.3 Å². The fourth-order valence-corrected chi connectivity index (χ4v) is 4.09. The van der Waals surface area contributed by atoms with Crippen LogP contribution in [0.25, 0.3) is 5.69 Å². The van der Waals surface area contributed by atoms with Crippen LogP contribution >= 0.6 is 0 Å². The van der Waals surface area contributed by atoms with Crippen molar-refractivity contribution in [1.82, 2.24) is 19.9 Å². The van der Waals surface area contributed by atoms with Crippen LogP contribution in [0, 0.1) is 13.8 Å². The largest absolute Gasteiger partial charge is 0.336 e. The normalized spacial score (nSPS) is 17.5. The number of carbonyl (C=O) groups is 1. The predicted octanol–water partition coefficient (Wildman–Crippen LogP) is 1.14. The van der Waals surface area contributed by atoms with Gasteiger partial charge in [0.2, 0.25) is 0 Å². The van der Waals surface area contributed by atoms with Gasteiger partial charge in [0, 0.05) is 13.1 Å². The third-order valence-electron chi connectivity index (χ3n) is 4.19. The maximum Gasteiger partial charge on any atom is 0.276 e. The summed E-state index contributed by atoms with van der Waals surface area (Å²) in [5.74, 6) is -0.126. The number of rotatable bonds is 2. The second-order valence-electron chi connectivity index (χ2n) is 6.07. The van der Waals surface area contributed by atoms with Crippen LogP contribution in [0.15, 0.2) is 24.3 Å². The van der Waals surface area contributed by atoms with Gasteiger partial charge in [0.1, 0.15) is 0 Å². The highest BCUT2D eigenvalue weighted by atomic mass is 32.2. The quantitative estimate of drug-likeness (QED) is 0.812. The summed E-state index contributed by atoms with van der Waals surface area (Å²) in [5.41, 5.74) is 2.86. The highest BCUT2D eigenvalue weighted by molar-refractivity contribution is 7.91. The Bertz CT molecular complexity index is 873. The first-order chi connectivity index (χ1) is 11.4. The molecular formula is C16H20N4O3S. The molecule has 1 fully saturated rings. The lowest BCUT2D eigenvalue weighted by molar-refractivity contribution is 0.0761. The summed E-state index contributed by atoms with van der Waals surface area (Å²) < 4.78 is 25.0. The SMILES string of the molecule is Cc1cccc(-n2nnc(C(=O)N3CCCS(=O)(=O)CC3)c2C)c1. The van der Waals surface area contributed by atoms with Gasteiger partial charge in [-0.25, -0.2) is 13.1 Å².